The third-order valence-corrected chi connectivity index (χ3v) is 4.22. The van der Waals surface area contributed by atoms with Crippen LogP contribution >= 0.6 is 0 Å². The Morgan fingerprint density at radius 3 is 2.18 bits per heavy atom. The lowest BCUT2D eigenvalue weighted by molar-refractivity contribution is -0.138. The van der Waals surface area contributed by atoms with Crippen LogP contribution in [0.1, 0.15) is 24.3 Å². The highest BCUT2D eigenvalue weighted by Gasteiger charge is 2.15. The first-order valence-corrected chi connectivity index (χ1v) is 10.0. The molecule has 10 nitrogen and oxygen atoms in total. The number of rotatable bonds is 10. The van der Waals surface area contributed by atoms with Crippen LogP contribution in [0.15, 0.2) is 58.2 Å². The molecule has 2 rings (SSSR count). The molecule has 0 unspecified atom stereocenters. The van der Waals surface area contributed by atoms with Crippen molar-refractivity contribution in [3.05, 3.63) is 74.7 Å². The van der Waals surface area contributed by atoms with Crippen LogP contribution in [-0.2, 0) is 25.6 Å². The number of ether oxygens (including phenoxy) is 3. The van der Waals surface area contributed by atoms with E-state index >= 15 is 0 Å². The summed E-state index contributed by atoms with van der Waals surface area (Å²) in [7, 11) is 0. The zero-order valence-corrected chi connectivity index (χ0v) is 18.1. The van der Waals surface area contributed by atoms with Crippen LogP contribution in [0.5, 0.6) is 5.75 Å². The first kappa shape index (κ1) is 25.1. The molecule has 0 radical (unpaired) electrons. The fourth-order valence-electron chi connectivity index (χ4n) is 2.85. The largest absolute Gasteiger partial charge is 0.485 e. The lowest BCUT2D eigenvalue weighted by atomic mass is 10.2. The highest BCUT2D eigenvalue weighted by atomic mass is 16.5. The molecule has 0 aliphatic rings. The van der Waals surface area contributed by atoms with Gasteiger partial charge in [-0.2, -0.15) is 0 Å². The number of nitrogens with zero attached hydrogens (tertiary/aromatic N) is 1. The summed E-state index contributed by atoms with van der Waals surface area (Å²) < 4.78 is 16.2. The lowest BCUT2D eigenvalue weighted by Crippen LogP contribution is -2.17. The molecule has 0 saturated carbocycles. The number of carbonyl (C=O) groups is 3. The number of carboxylic acid groups (broad SMARTS) is 1. The second-order valence-corrected chi connectivity index (χ2v) is 6.43. The van der Waals surface area contributed by atoms with Gasteiger partial charge in [0, 0.05) is 30.1 Å². The van der Waals surface area contributed by atoms with E-state index in [0.29, 0.717) is 0 Å². The number of esters is 2. The number of pyridine rings is 1. The maximum Gasteiger partial charge on any atom is 0.352 e. The van der Waals surface area contributed by atoms with E-state index in [1.165, 1.54) is 28.9 Å². The molecule has 0 spiro atoms. The first-order chi connectivity index (χ1) is 15.8. The van der Waals surface area contributed by atoms with Crippen molar-refractivity contribution in [1.82, 2.24) is 4.57 Å². The molecule has 2 aromatic rings. The van der Waals surface area contributed by atoms with E-state index in [1.807, 2.05) is 0 Å². The summed E-state index contributed by atoms with van der Waals surface area (Å²) in [5.74, 6) is -2.67. The fraction of sp³-hybridized carbons (Fsp3) is 0.261. The monoisotopic (exact) mass is 457 g/mol. The number of aromatic carboxylic acids is 1. The molecule has 1 heterocycles. The lowest BCUT2D eigenvalue weighted by Gasteiger charge is -2.11. The Hall–Kier alpha value is -4.21. The van der Waals surface area contributed by atoms with Crippen molar-refractivity contribution in [2.45, 2.75) is 20.4 Å². The summed E-state index contributed by atoms with van der Waals surface area (Å²) >= 11 is 0. The van der Waals surface area contributed by atoms with E-state index in [4.69, 9.17) is 14.2 Å². The Balaban J connectivity index is 2.49. The van der Waals surface area contributed by atoms with E-state index in [9.17, 15) is 29.1 Å². The Kier molecular flexibility index (Phi) is 9.10. The molecule has 0 saturated heterocycles. The minimum Gasteiger partial charge on any atom is -0.485 e. The molecule has 1 N–H and O–H groups in total. The number of carboxylic acids is 1. The Bertz CT molecular complexity index is 1220. The Morgan fingerprint density at radius 1 is 0.939 bits per heavy atom. The van der Waals surface area contributed by atoms with Crippen LogP contribution < -0.4 is 15.6 Å². The van der Waals surface area contributed by atoms with Crippen LogP contribution in [-0.4, -0.2) is 47.4 Å². The molecule has 0 atom stereocenters. The van der Waals surface area contributed by atoms with Gasteiger partial charge in [-0.1, -0.05) is 6.08 Å². The van der Waals surface area contributed by atoms with E-state index in [-0.39, 0.29) is 48.7 Å². The maximum absolute atomic E-state index is 12.6. The smallest absolute Gasteiger partial charge is 0.352 e. The van der Waals surface area contributed by atoms with Crippen LogP contribution in [0, 0.1) is 0 Å². The van der Waals surface area contributed by atoms with Gasteiger partial charge in [0.1, 0.15) is 12.3 Å². The predicted molar refractivity (Wildman–Crippen MR) is 118 cm³/mol. The number of aromatic nitrogens is 1. The zero-order valence-electron chi connectivity index (χ0n) is 18.1. The SMILES string of the molecule is CCOC(=O)/C=C/COc1cc2c(=O)cc(C(=O)O)n(C/C=C/C(=O)OCC)c2ccc1=O. The van der Waals surface area contributed by atoms with Gasteiger partial charge in [0.2, 0.25) is 5.43 Å². The molecule has 0 amide bonds. The molecule has 33 heavy (non-hydrogen) atoms. The van der Waals surface area contributed by atoms with E-state index in [0.717, 1.165) is 24.3 Å². The number of fused-ring (bicyclic) bond motifs is 1. The summed E-state index contributed by atoms with van der Waals surface area (Å²) in [5, 5.41) is 9.57. The van der Waals surface area contributed by atoms with Crippen molar-refractivity contribution in [2.75, 3.05) is 19.8 Å². The Morgan fingerprint density at radius 2 is 1.58 bits per heavy atom. The van der Waals surface area contributed by atoms with Gasteiger partial charge in [-0.3, -0.25) is 9.59 Å². The van der Waals surface area contributed by atoms with Crippen molar-refractivity contribution < 1.29 is 33.7 Å². The second kappa shape index (κ2) is 12.0. The highest BCUT2D eigenvalue weighted by molar-refractivity contribution is 5.90. The normalized spacial score (nSPS) is 11.1. The quantitative estimate of drug-likeness (QED) is 0.417. The standard InChI is InChI=1S/C23H23NO9/c1-3-31-21(27)7-5-11-24-16-9-10-18(25)20(33-12-6-8-22(28)32-4-2)13-15(16)19(26)14-17(24)23(29)30/h5-10,13-14H,3-4,11-12H2,1-2H3,(H,29,30)/b7-5+,8-6+. The molecule has 0 bridgehead atoms. The van der Waals surface area contributed by atoms with Gasteiger partial charge >= 0.3 is 17.9 Å². The zero-order chi connectivity index (χ0) is 24.4. The van der Waals surface area contributed by atoms with Gasteiger partial charge in [-0.05, 0) is 38.1 Å². The predicted octanol–water partition coefficient (Wildman–Crippen LogP) is 1.68. The van der Waals surface area contributed by atoms with Gasteiger partial charge in [-0.25, -0.2) is 14.4 Å². The van der Waals surface area contributed by atoms with E-state index < -0.39 is 28.8 Å². The van der Waals surface area contributed by atoms with Crippen molar-refractivity contribution in [1.29, 1.82) is 0 Å². The van der Waals surface area contributed by atoms with Crippen LogP contribution in [0.25, 0.3) is 10.9 Å². The molecule has 0 fully saturated rings. The molecular weight excluding hydrogens is 434 g/mol. The maximum atomic E-state index is 12.6. The third-order valence-electron chi connectivity index (χ3n) is 4.22. The molecular formula is C23H23NO9. The van der Waals surface area contributed by atoms with E-state index in [1.54, 1.807) is 13.8 Å². The van der Waals surface area contributed by atoms with Crippen molar-refractivity contribution in [3.8, 4) is 5.75 Å². The number of carbonyl (C=O) groups excluding carboxylic acids is 2. The highest BCUT2D eigenvalue weighted by Crippen LogP contribution is 2.16. The molecule has 10 heteroatoms. The topological polar surface area (TPSA) is 138 Å². The summed E-state index contributed by atoms with van der Waals surface area (Å²) in [6.45, 7) is 3.50. The summed E-state index contributed by atoms with van der Waals surface area (Å²) in [6, 6.07) is 4.60. The molecule has 1 aromatic heterocycles. The van der Waals surface area contributed by atoms with Crippen molar-refractivity contribution in [2.24, 2.45) is 0 Å². The second-order valence-electron chi connectivity index (χ2n) is 6.43. The van der Waals surface area contributed by atoms with Gasteiger partial charge in [0.15, 0.2) is 11.2 Å². The summed E-state index contributed by atoms with van der Waals surface area (Å²) in [6.07, 6.45) is 5.03. The van der Waals surface area contributed by atoms with Crippen molar-refractivity contribution >= 4 is 28.8 Å². The minimum atomic E-state index is -1.35. The van der Waals surface area contributed by atoms with Gasteiger partial charge in [-0.15, -0.1) is 0 Å². The minimum absolute atomic E-state index is 0.0380. The number of hydrogen-bond donors (Lipinski definition) is 1. The number of allylic oxidation sites excluding steroid dienone is 1. The van der Waals surface area contributed by atoms with Crippen molar-refractivity contribution in [3.63, 3.8) is 0 Å². The molecule has 1 aromatic carbocycles. The third kappa shape index (κ3) is 6.89. The summed E-state index contributed by atoms with van der Waals surface area (Å²) in [4.78, 5) is 59.6. The first-order valence-electron chi connectivity index (χ1n) is 10.0. The van der Waals surface area contributed by atoms with Crippen LogP contribution in [0.3, 0.4) is 0 Å². The summed E-state index contributed by atoms with van der Waals surface area (Å²) in [5.41, 5.74) is -1.35. The van der Waals surface area contributed by atoms with Crippen LogP contribution in [0.4, 0.5) is 0 Å². The molecule has 174 valence electrons. The average Bonchev–Trinajstić information content (AvgIpc) is 2.92. The average molecular weight is 457 g/mol. The van der Waals surface area contributed by atoms with Gasteiger partial charge in [0.25, 0.3) is 0 Å². The Labute approximate surface area is 188 Å². The van der Waals surface area contributed by atoms with Gasteiger partial charge in [0.05, 0.1) is 18.7 Å². The fourth-order valence-corrected chi connectivity index (χ4v) is 2.85. The molecule has 0 aliphatic heterocycles. The number of hydrogen-bond acceptors (Lipinski definition) is 8. The molecule has 0 aliphatic carbocycles. The van der Waals surface area contributed by atoms with E-state index in [2.05, 4.69) is 0 Å². The van der Waals surface area contributed by atoms with Gasteiger partial charge < -0.3 is 23.9 Å². The van der Waals surface area contributed by atoms with Crippen LogP contribution in [0.2, 0.25) is 0 Å².